The standard InChI is InChI=1S/C17H26N2O3S.ClH/c1-3-14-6-8-15(9-7-14)16-13-18-10-11-19(16)17(20)5-4-12-23(2,21)22;/h6-9,16,18H,3-5,10-13H2,1-2H3;1H. The minimum absolute atomic E-state index is 0. The third kappa shape index (κ3) is 6.07. The maximum Gasteiger partial charge on any atom is 0.223 e. The van der Waals surface area contributed by atoms with Crippen LogP contribution < -0.4 is 5.32 Å². The summed E-state index contributed by atoms with van der Waals surface area (Å²) < 4.78 is 22.4. The van der Waals surface area contributed by atoms with Gasteiger partial charge >= 0.3 is 0 Å². The van der Waals surface area contributed by atoms with Crippen LogP contribution in [0.25, 0.3) is 0 Å². The molecule has 0 radical (unpaired) electrons. The smallest absolute Gasteiger partial charge is 0.223 e. The molecule has 7 heteroatoms. The van der Waals surface area contributed by atoms with Crippen molar-refractivity contribution >= 4 is 28.2 Å². The van der Waals surface area contributed by atoms with Crippen molar-refractivity contribution in [2.45, 2.75) is 32.2 Å². The molecule has 0 aromatic heterocycles. The highest BCUT2D eigenvalue weighted by Gasteiger charge is 2.27. The number of rotatable bonds is 6. The molecule has 5 nitrogen and oxygen atoms in total. The first-order valence-corrected chi connectivity index (χ1v) is 10.2. The van der Waals surface area contributed by atoms with E-state index in [1.807, 2.05) is 4.90 Å². The van der Waals surface area contributed by atoms with E-state index in [0.29, 0.717) is 13.0 Å². The molecule has 1 aliphatic heterocycles. The summed E-state index contributed by atoms with van der Waals surface area (Å²) in [5.41, 5.74) is 2.41. The number of hydrogen-bond acceptors (Lipinski definition) is 4. The zero-order valence-electron chi connectivity index (χ0n) is 14.3. The van der Waals surface area contributed by atoms with E-state index in [2.05, 4.69) is 36.5 Å². The van der Waals surface area contributed by atoms with Gasteiger partial charge in [-0.15, -0.1) is 12.4 Å². The van der Waals surface area contributed by atoms with Crippen molar-refractivity contribution in [1.82, 2.24) is 10.2 Å². The molecule has 136 valence electrons. The predicted octanol–water partition coefficient (Wildman–Crippen LogP) is 1.97. The summed E-state index contributed by atoms with van der Waals surface area (Å²) in [6, 6.07) is 8.42. The number of amides is 1. The van der Waals surface area contributed by atoms with Crippen molar-refractivity contribution in [2.24, 2.45) is 0 Å². The molecular weight excluding hydrogens is 348 g/mol. The van der Waals surface area contributed by atoms with Gasteiger partial charge in [0.15, 0.2) is 0 Å². The van der Waals surface area contributed by atoms with Crippen LogP contribution in [-0.2, 0) is 21.1 Å². The van der Waals surface area contributed by atoms with E-state index in [0.717, 1.165) is 25.1 Å². The lowest BCUT2D eigenvalue weighted by Gasteiger charge is -2.36. The molecule has 1 fully saturated rings. The lowest BCUT2D eigenvalue weighted by Crippen LogP contribution is -2.48. The van der Waals surface area contributed by atoms with Crippen molar-refractivity contribution in [2.75, 3.05) is 31.6 Å². The Balaban J connectivity index is 0.00000288. The summed E-state index contributed by atoms with van der Waals surface area (Å²) in [6.07, 6.45) is 2.89. The van der Waals surface area contributed by atoms with Gasteiger partial charge in [0.1, 0.15) is 9.84 Å². The van der Waals surface area contributed by atoms with Crippen molar-refractivity contribution < 1.29 is 13.2 Å². The summed E-state index contributed by atoms with van der Waals surface area (Å²) in [5.74, 6) is 0.112. The molecule has 1 N–H and O–H groups in total. The van der Waals surface area contributed by atoms with Gasteiger partial charge in [-0.3, -0.25) is 4.79 Å². The third-order valence-corrected chi connectivity index (χ3v) is 5.27. The Morgan fingerprint density at radius 1 is 1.29 bits per heavy atom. The molecule has 0 bridgehead atoms. The van der Waals surface area contributed by atoms with E-state index >= 15 is 0 Å². The predicted molar refractivity (Wildman–Crippen MR) is 99.3 cm³/mol. The van der Waals surface area contributed by atoms with Crippen LogP contribution in [0.3, 0.4) is 0 Å². The van der Waals surface area contributed by atoms with Gasteiger partial charge in [-0.05, 0) is 24.0 Å². The number of nitrogens with zero attached hydrogens (tertiary/aromatic N) is 1. The Morgan fingerprint density at radius 3 is 2.54 bits per heavy atom. The fraction of sp³-hybridized carbons (Fsp3) is 0.588. The van der Waals surface area contributed by atoms with Crippen molar-refractivity contribution in [3.8, 4) is 0 Å². The van der Waals surface area contributed by atoms with Crippen molar-refractivity contribution in [3.63, 3.8) is 0 Å². The Labute approximate surface area is 151 Å². The molecule has 1 saturated heterocycles. The van der Waals surface area contributed by atoms with Crippen LogP contribution in [0.5, 0.6) is 0 Å². The number of hydrogen-bond donors (Lipinski definition) is 1. The van der Waals surface area contributed by atoms with Crippen LogP contribution in [0.4, 0.5) is 0 Å². The van der Waals surface area contributed by atoms with E-state index in [-0.39, 0.29) is 36.5 Å². The molecule has 0 aliphatic carbocycles. The highest BCUT2D eigenvalue weighted by Crippen LogP contribution is 2.24. The molecule has 0 saturated carbocycles. The largest absolute Gasteiger partial charge is 0.333 e. The van der Waals surface area contributed by atoms with Crippen molar-refractivity contribution in [1.29, 1.82) is 0 Å². The number of carbonyl (C=O) groups is 1. The van der Waals surface area contributed by atoms with Crippen molar-refractivity contribution in [3.05, 3.63) is 35.4 Å². The summed E-state index contributed by atoms with van der Waals surface area (Å²) in [4.78, 5) is 14.4. The minimum Gasteiger partial charge on any atom is -0.333 e. The van der Waals surface area contributed by atoms with Crippen LogP contribution in [0, 0.1) is 0 Å². The van der Waals surface area contributed by atoms with E-state index in [1.165, 1.54) is 11.8 Å². The maximum atomic E-state index is 12.5. The van der Waals surface area contributed by atoms with E-state index < -0.39 is 9.84 Å². The second-order valence-corrected chi connectivity index (χ2v) is 8.40. The molecule has 1 aromatic carbocycles. The molecule has 1 atom stereocenters. The molecule has 1 amide bonds. The van der Waals surface area contributed by atoms with Gasteiger partial charge in [-0.25, -0.2) is 8.42 Å². The van der Waals surface area contributed by atoms with E-state index in [4.69, 9.17) is 0 Å². The first kappa shape index (κ1) is 20.9. The molecule has 1 aromatic rings. The van der Waals surface area contributed by atoms with Gasteiger partial charge < -0.3 is 10.2 Å². The normalized spacial score (nSPS) is 18.1. The van der Waals surface area contributed by atoms with Gasteiger partial charge in [-0.1, -0.05) is 31.2 Å². The average Bonchev–Trinajstić information content (AvgIpc) is 2.53. The molecule has 1 heterocycles. The number of halogens is 1. The summed E-state index contributed by atoms with van der Waals surface area (Å²) in [5, 5.41) is 3.34. The Morgan fingerprint density at radius 2 is 1.96 bits per heavy atom. The van der Waals surface area contributed by atoms with Crippen LogP contribution in [0.2, 0.25) is 0 Å². The van der Waals surface area contributed by atoms with Crippen LogP contribution >= 0.6 is 12.4 Å². The quantitative estimate of drug-likeness (QED) is 0.826. The summed E-state index contributed by atoms with van der Waals surface area (Å²) >= 11 is 0. The molecule has 24 heavy (non-hydrogen) atoms. The highest BCUT2D eigenvalue weighted by atomic mass is 35.5. The van der Waals surface area contributed by atoms with Gasteiger partial charge in [0.2, 0.25) is 5.91 Å². The van der Waals surface area contributed by atoms with E-state index in [9.17, 15) is 13.2 Å². The Bertz CT molecular complexity index is 632. The highest BCUT2D eigenvalue weighted by molar-refractivity contribution is 7.90. The molecule has 0 spiro atoms. The molecular formula is C17H27ClN2O3S. The summed E-state index contributed by atoms with van der Waals surface area (Å²) in [6.45, 7) is 4.30. The van der Waals surface area contributed by atoms with Gasteiger partial charge in [-0.2, -0.15) is 0 Å². The summed E-state index contributed by atoms with van der Waals surface area (Å²) in [7, 11) is -3.01. The Hall–Kier alpha value is -1.11. The number of piperazine rings is 1. The van der Waals surface area contributed by atoms with Crippen LogP contribution in [-0.4, -0.2) is 50.9 Å². The lowest BCUT2D eigenvalue weighted by molar-refractivity contribution is -0.134. The van der Waals surface area contributed by atoms with Gasteiger partial charge in [0.05, 0.1) is 11.8 Å². The topological polar surface area (TPSA) is 66.5 Å². The molecule has 1 unspecified atom stereocenters. The van der Waals surface area contributed by atoms with Gasteiger partial charge in [0.25, 0.3) is 0 Å². The zero-order valence-corrected chi connectivity index (χ0v) is 16.0. The van der Waals surface area contributed by atoms with Crippen LogP contribution in [0.1, 0.15) is 36.9 Å². The third-order valence-electron chi connectivity index (χ3n) is 4.24. The number of aryl methyl sites for hydroxylation is 1. The first-order chi connectivity index (χ1) is 10.9. The average molecular weight is 375 g/mol. The fourth-order valence-electron chi connectivity index (χ4n) is 2.91. The number of benzene rings is 1. The lowest BCUT2D eigenvalue weighted by atomic mass is 10.0. The molecule has 2 rings (SSSR count). The fourth-order valence-corrected chi connectivity index (χ4v) is 3.57. The second kappa shape index (κ2) is 9.39. The number of carbonyl (C=O) groups excluding carboxylic acids is 1. The number of sulfone groups is 1. The monoisotopic (exact) mass is 374 g/mol. The number of nitrogens with one attached hydrogen (secondary N) is 1. The zero-order chi connectivity index (χ0) is 16.9. The first-order valence-electron chi connectivity index (χ1n) is 8.17. The maximum absolute atomic E-state index is 12.5. The minimum atomic E-state index is -3.01. The second-order valence-electron chi connectivity index (χ2n) is 6.14. The SMILES string of the molecule is CCc1ccc(C2CNCCN2C(=O)CCCS(C)(=O)=O)cc1.Cl. The van der Waals surface area contributed by atoms with Crippen LogP contribution in [0.15, 0.2) is 24.3 Å². The molecule has 1 aliphatic rings. The Kier molecular flexibility index (Phi) is 8.19. The van der Waals surface area contributed by atoms with Gasteiger partial charge in [0, 0.05) is 32.3 Å². The van der Waals surface area contributed by atoms with E-state index in [1.54, 1.807) is 0 Å².